The average molecular weight is 329 g/mol. The fourth-order valence-electron chi connectivity index (χ4n) is 1.32. The van der Waals surface area contributed by atoms with E-state index in [-0.39, 0.29) is 0 Å². The monoisotopic (exact) mass is 327 g/mol. The number of nitrogens with zero attached hydrogens (tertiary/aromatic N) is 1. The summed E-state index contributed by atoms with van der Waals surface area (Å²) in [6, 6.07) is 12.4. The lowest BCUT2D eigenvalue weighted by atomic mass is 10.2. The lowest BCUT2D eigenvalue weighted by molar-refractivity contribution is 1.16. The molecule has 0 fully saturated rings. The molecule has 0 N–H and O–H groups in total. The van der Waals surface area contributed by atoms with Gasteiger partial charge < -0.3 is 0 Å². The first-order valence-electron chi connectivity index (χ1n) is 5.16. The maximum Gasteiger partial charge on any atom is 0.0507 e. The number of hydrogen-bond donors (Lipinski definition) is 0. The Morgan fingerprint density at radius 1 is 1.12 bits per heavy atom. The Hall–Kier alpha value is -0.510. The molecule has 1 nitrogen and oxygen atoms in total. The minimum absolute atomic E-state index is 0.569. The van der Waals surface area contributed by atoms with Crippen molar-refractivity contribution in [2.75, 3.05) is 0 Å². The van der Waals surface area contributed by atoms with E-state index in [2.05, 4.69) is 45.2 Å². The molecule has 17 heavy (non-hydrogen) atoms. The standard InChI is InChI=1S/C13H11BrClNS/c14-11-3-4-12(16-8-11)9-17-13-5-1-10(7-15)2-6-13/h1-6,8H,7,9H2. The van der Waals surface area contributed by atoms with Gasteiger partial charge in [-0.3, -0.25) is 4.98 Å². The fraction of sp³-hybridized carbons (Fsp3) is 0.154. The van der Waals surface area contributed by atoms with E-state index in [1.165, 1.54) is 4.90 Å². The third-order valence-electron chi connectivity index (χ3n) is 2.25. The van der Waals surface area contributed by atoms with Crippen molar-refractivity contribution in [3.05, 3.63) is 58.3 Å². The number of thioether (sulfide) groups is 1. The van der Waals surface area contributed by atoms with Crippen LogP contribution in [0.4, 0.5) is 0 Å². The van der Waals surface area contributed by atoms with Gasteiger partial charge in [0.05, 0.1) is 5.69 Å². The molecule has 0 radical (unpaired) electrons. The number of hydrogen-bond acceptors (Lipinski definition) is 2. The van der Waals surface area contributed by atoms with Crippen LogP contribution in [0.25, 0.3) is 0 Å². The molecule has 1 aromatic carbocycles. The highest BCUT2D eigenvalue weighted by atomic mass is 79.9. The molecule has 0 bridgehead atoms. The zero-order chi connectivity index (χ0) is 12.1. The summed E-state index contributed by atoms with van der Waals surface area (Å²) in [5.74, 6) is 1.45. The average Bonchev–Trinajstić information content (AvgIpc) is 2.39. The summed E-state index contributed by atoms with van der Waals surface area (Å²) in [5.41, 5.74) is 2.23. The van der Waals surface area contributed by atoms with Crippen LogP contribution in [-0.2, 0) is 11.6 Å². The van der Waals surface area contributed by atoms with Gasteiger partial charge in [-0.1, -0.05) is 12.1 Å². The van der Waals surface area contributed by atoms with Crippen LogP contribution in [0, 0.1) is 0 Å². The Balaban J connectivity index is 1.95. The van der Waals surface area contributed by atoms with Gasteiger partial charge in [0.25, 0.3) is 0 Å². The van der Waals surface area contributed by atoms with Gasteiger partial charge in [0, 0.05) is 27.2 Å². The molecule has 0 saturated carbocycles. The molecule has 0 aliphatic rings. The normalized spacial score (nSPS) is 10.5. The Morgan fingerprint density at radius 3 is 2.47 bits per heavy atom. The summed E-state index contributed by atoms with van der Waals surface area (Å²) >= 11 is 10.9. The van der Waals surface area contributed by atoms with Crippen molar-refractivity contribution in [1.29, 1.82) is 0 Å². The smallest absolute Gasteiger partial charge is 0.0507 e. The molecule has 4 heteroatoms. The van der Waals surface area contributed by atoms with Gasteiger partial charge in [0.2, 0.25) is 0 Å². The molecule has 0 unspecified atom stereocenters. The Bertz CT molecular complexity index is 470. The van der Waals surface area contributed by atoms with Crippen molar-refractivity contribution < 1.29 is 0 Å². The zero-order valence-corrected chi connectivity index (χ0v) is 12.2. The molecule has 0 amide bonds. The molecule has 2 aromatic rings. The minimum Gasteiger partial charge on any atom is -0.259 e. The van der Waals surface area contributed by atoms with Crippen molar-refractivity contribution in [3.8, 4) is 0 Å². The first-order valence-corrected chi connectivity index (χ1v) is 7.47. The van der Waals surface area contributed by atoms with E-state index in [0.717, 1.165) is 21.5 Å². The van der Waals surface area contributed by atoms with Crippen molar-refractivity contribution in [3.63, 3.8) is 0 Å². The summed E-state index contributed by atoms with van der Waals surface area (Å²) in [4.78, 5) is 5.58. The summed E-state index contributed by atoms with van der Waals surface area (Å²) in [6.45, 7) is 0. The number of alkyl halides is 1. The summed E-state index contributed by atoms with van der Waals surface area (Å²) < 4.78 is 1.01. The maximum absolute atomic E-state index is 5.75. The Labute approximate surface area is 119 Å². The van der Waals surface area contributed by atoms with Crippen molar-refractivity contribution in [2.24, 2.45) is 0 Å². The molecule has 0 atom stereocenters. The van der Waals surface area contributed by atoms with Crippen molar-refractivity contribution in [2.45, 2.75) is 16.5 Å². The van der Waals surface area contributed by atoms with Crippen LogP contribution in [0.3, 0.4) is 0 Å². The van der Waals surface area contributed by atoms with Crippen LogP contribution in [0.1, 0.15) is 11.3 Å². The van der Waals surface area contributed by atoms with Crippen LogP contribution in [-0.4, -0.2) is 4.98 Å². The lowest BCUT2D eigenvalue weighted by Crippen LogP contribution is -1.85. The van der Waals surface area contributed by atoms with E-state index < -0.39 is 0 Å². The predicted molar refractivity (Wildman–Crippen MR) is 77.5 cm³/mol. The molecule has 1 heterocycles. The van der Waals surface area contributed by atoms with Gasteiger partial charge in [0.15, 0.2) is 0 Å². The van der Waals surface area contributed by atoms with Gasteiger partial charge in [0.1, 0.15) is 0 Å². The number of rotatable bonds is 4. The third-order valence-corrected chi connectivity index (χ3v) is 4.08. The topological polar surface area (TPSA) is 12.9 Å². The van der Waals surface area contributed by atoms with E-state index in [4.69, 9.17) is 11.6 Å². The third kappa shape index (κ3) is 4.02. The zero-order valence-electron chi connectivity index (χ0n) is 9.07. The highest BCUT2D eigenvalue weighted by molar-refractivity contribution is 9.10. The quantitative estimate of drug-likeness (QED) is 0.586. The van der Waals surface area contributed by atoms with Crippen LogP contribution in [0.15, 0.2) is 52.0 Å². The van der Waals surface area contributed by atoms with E-state index in [9.17, 15) is 0 Å². The molecule has 0 saturated heterocycles. The van der Waals surface area contributed by atoms with Gasteiger partial charge in [-0.25, -0.2) is 0 Å². The van der Waals surface area contributed by atoms with Crippen LogP contribution in [0.5, 0.6) is 0 Å². The van der Waals surface area contributed by atoms with E-state index in [1.807, 2.05) is 18.3 Å². The molecule has 1 aromatic heterocycles. The van der Waals surface area contributed by atoms with Crippen LogP contribution >= 0.6 is 39.3 Å². The fourth-order valence-corrected chi connectivity index (χ4v) is 2.55. The van der Waals surface area contributed by atoms with E-state index in [0.29, 0.717) is 5.88 Å². The van der Waals surface area contributed by atoms with Crippen molar-refractivity contribution >= 4 is 39.3 Å². The predicted octanol–water partition coefficient (Wildman–Crippen LogP) is 4.88. The number of halogens is 2. The SMILES string of the molecule is ClCc1ccc(SCc2ccc(Br)cn2)cc1. The minimum atomic E-state index is 0.569. The number of aromatic nitrogens is 1. The number of pyridine rings is 1. The van der Waals surface area contributed by atoms with Crippen LogP contribution < -0.4 is 0 Å². The second-order valence-corrected chi connectivity index (χ2v) is 5.77. The first kappa shape index (κ1) is 12.9. The molecule has 2 rings (SSSR count). The van der Waals surface area contributed by atoms with Crippen LogP contribution in [0.2, 0.25) is 0 Å². The second kappa shape index (κ2) is 6.43. The van der Waals surface area contributed by atoms with Gasteiger partial charge >= 0.3 is 0 Å². The largest absolute Gasteiger partial charge is 0.259 e. The molecule has 0 spiro atoms. The number of benzene rings is 1. The summed E-state index contributed by atoms with van der Waals surface area (Å²) in [5, 5.41) is 0. The highest BCUT2D eigenvalue weighted by Crippen LogP contribution is 2.23. The van der Waals surface area contributed by atoms with Crippen molar-refractivity contribution in [1.82, 2.24) is 4.98 Å². The molecule has 88 valence electrons. The maximum atomic E-state index is 5.75. The summed E-state index contributed by atoms with van der Waals surface area (Å²) in [7, 11) is 0. The van der Waals surface area contributed by atoms with Gasteiger partial charge in [-0.05, 0) is 45.8 Å². The molecule has 0 aliphatic heterocycles. The summed E-state index contributed by atoms with van der Waals surface area (Å²) in [6.07, 6.45) is 1.83. The molecular formula is C13H11BrClNS. The van der Waals surface area contributed by atoms with E-state index >= 15 is 0 Å². The van der Waals surface area contributed by atoms with Gasteiger partial charge in [-0.15, -0.1) is 23.4 Å². The first-order chi connectivity index (χ1) is 8.28. The highest BCUT2D eigenvalue weighted by Gasteiger charge is 1.98. The molecular weight excluding hydrogens is 318 g/mol. The Kier molecular flexibility index (Phi) is 4.89. The second-order valence-electron chi connectivity index (χ2n) is 3.53. The van der Waals surface area contributed by atoms with E-state index in [1.54, 1.807) is 11.8 Å². The Morgan fingerprint density at radius 2 is 1.88 bits per heavy atom. The lowest BCUT2D eigenvalue weighted by Gasteiger charge is -2.02. The molecule has 0 aliphatic carbocycles. The van der Waals surface area contributed by atoms with Gasteiger partial charge in [-0.2, -0.15) is 0 Å².